The zero-order valence-electron chi connectivity index (χ0n) is 8.70. The Morgan fingerprint density at radius 1 is 1.38 bits per heavy atom. The topological polar surface area (TPSA) is 58.6 Å². The summed E-state index contributed by atoms with van der Waals surface area (Å²) in [5.74, 6) is 0.664. The van der Waals surface area contributed by atoms with Crippen molar-refractivity contribution in [3.05, 3.63) is 56.4 Å². The van der Waals surface area contributed by atoms with E-state index in [0.717, 1.165) is 5.56 Å². The number of hydrogen-bond acceptors (Lipinski definition) is 3. The summed E-state index contributed by atoms with van der Waals surface area (Å²) in [5.41, 5.74) is 1.63. The van der Waals surface area contributed by atoms with Crippen LogP contribution in [0.1, 0.15) is 17.1 Å². The summed E-state index contributed by atoms with van der Waals surface area (Å²) in [4.78, 5) is 22.5. The predicted molar refractivity (Wildman–Crippen MR) is 64.3 cm³/mol. The number of aromatic nitrogens is 3. The number of H-pyrrole nitrogens is 1. The smallest absolute Gasteiger partial charge is 0.265 e. The van der Waals surface area contributed by atoms with Crippen LogP contribution in [0.2, 0.25) is 0 Å². The molecule has 2 heterocycles. The molecular formula is C11H10BrN3O. The van der Waals surface area contributed by atoms with Gasteiger partial charge in [0.1, 0.15) is 10.3 Å². The van der Waals surface area contributed by atoms with Gasteiger partial charge >= 0.3 is 0 Å². The first-order valence-electron chi connectivity index (χ1n) is 4.81. The first-order valence-corrected chi connectivity index (χ1v) is 5.60. The summed E-state index contributed by atoms with van der Waals surface area (Å²) in [5, 5.41) is 0. The molecule has 0 fully saturated rings. The molecule has 0 atom stereocenters. The van der Waals surface area contributed by atoms with Crippen molar-refractivity contribution >= 4 is 15.9 Å². The third-order valence-electron chi connectivity index (χ3n) is 2.20. The molecule has 4 nitrogen and oxygen atoms in total. The Labute approximate surface area is 101 Å². The Kier molecular flexibility index (Phi) is 3.14. The number of nitrogens with zero attached hydrogens (tertiary/aromatic N) is 2. The molecule has 0 aliphatic heterocycles. The fourth-order valence-electron chi connectivity index (χ4n) is 1.41. The molecule has 0 saturated carbocycles. The summed E-state index contributed by atoms with van der Waals surface area (Å²) >= 11 is 3.18. The number of aromatic amines is 1. The van der Waals surface area contributed by atoms with E-state index in [1.807, 2.05) is 12.1 Å². The largest absolute Gasteiger partial charge is 0.309 e. The third-order valence-corrected chi connectivity index (χ3v) is 3.13. The lowest BCUT2D eigenvalue weighted by atomic mass is 10.2. The average Bonchev–Trinajstić information content (AvgIpc) is 2.27. The van der Waals surface area contributed by atoms with Crippen molar-refractivity contribution in [1.82, 2.24) is 15.0 Å². The van der Waals surface area contributed by atoms with E-state index in [2.05, 4.69) is 30.9 Å². The van der Waals surface area contributed by atoms with Crippen LogP contribution in [0.4, 0.5) is 0 Å². The van der Waals surface area contributed by atoms with Crippen LogP contribution in [0, 0.1) is 6.92 Å². The zero-order chi connectivity index (χ0) is 11.5. The van der Waals surface area contributed by atoms with Gasteiger partial charge in [0.2, 0.25) is 0 Å². The van der Waals surface area contributed by atoms with Crippen LogP contribution in [0.5, 0.6) is 0 Å². The first-order chi connectivity index (χ1) is 7.66. The van der Waals surface area contributed by atoms with Gasteiger partial charge in [0.25, 0.3) is 5.56 Å². The van der Waals surface area contributed by atoms with E-state index in [4.69, 9.17) is 0 Å². The van der Waals surface area contributed by atoms with Crippen LogP contribution >= 0.6 is 15.9 Å². The molecule has 16 heavy (non-hydrogen) atoms. The van der Waals surface area contributed by atoms with Gasteiger partial charge in [-0.3, -0.25) is 9.78 Å². The van der Waals surface area contributed by atoms with Gasteiger partial charge in [-0.05, 0) is 40.5 Å². The molecule has 0 spiro atoms. The number of pyridine rings is 1. The van der Waals surface area contributed by atoms with E-state index in [-0.39, 0.29) is 5.56 Å². The Balaban J connectivity index is 2.33. The highest BCUT2D eigenvalue weighted by Gasteiger charge is 2.05. The summed E-state index contributed by atoms with van der Waals surface area (Å²) in [6, 6.07) is 3.80. The van der Waals surface area contributed by atoms with Crippen molar-refractivity contribution in [2.75, 3.05) is 0 Å². The van der Waals surface area contributed by atoms with Crippen molar-refractivity contribution < 1.29 is 0 Å². The van der Waals surface area contributed by atoms with Crippen LogP contribution in [-0.2, 0) is 6.42 Å². The van der Waals surface area contributed by atoms with Crippen molar-refractivity contribution in [3.63, 3.8) is 0 Å². The van der Waals surface area contributed by atoms with E-state index in [9.17, 15) is 4.79 Å². The summed E-state index contributed by atoms with van der Waals surface area (Å²) in [6.07, 6.45) is 4.05. The quantitative estimate of drug-likeness (QED) is 0.913. The number of nitrogens with one attached hydrogen (secondary N) is 1. The number of hydrogen-bond donors (Lipinski definition) is 1. The second-order valence-corrected chi connectivity index (χ2v) is 4.24. The molecule has 0 unspecified atom stereocenters. The maximum absolute atomic E-state index is 11.5. The van der Waals surface area contributed by atoms with Gasteiger partial charge < -0.3 is 4.98 Å². The first kappa shape index (κ1) is 11.0. The fraction of sp³-hybridized carbons (Fsp3) is 0.182. The van der Waals surface area contributed by atoms with Gasteiger partial charge in [0.05, 0.1) is 5.69 Å². The number of halogens is 1. The highest BCUT2D eigenvalue weighted by Crippen LogP contribution is 2.09. The molecule has 82 valence electrons. The van der Waals surface area contributed by atoms with Crippen molar-refractivity contribution in [3.8, 4) is 0 Å². The van der Waals surface area contributed by atoms with Crippen LogP contribution in [0.15, 0.2) is 33.8 Å². The van der Waals surface area contributed by atoms with E-state index < -0.39 is 0 Å². The molecule has 5 heteroatoms. The SMILES string of the molecule is Cc1nc(Cc2ccncc2)[nH]c(=O)c1Br. The lowest BCUT2D eigenvalue weighted by molar-refractivity contribution is 0.909. The van der Waals surface area contributed by atoms with Gasteiger partial charge in [-0.15, -0.1) is 0 Å². The molecular weight excluding hydrogens is 270 g/mol. The predicted octanol–water partition coefficient (Wildman–Crippen LogP) is 1.83. The Hall–Kier alpha value is -1.49. The molecule has 2 aromatic rings. The van der Waals surface area contributed by atoms with E-state index in [0.29, 0.717) is 22.4 Å². The second-order valence-electron chi connectivity index (χ2n) is 3.44. The minimum atomic E-state index is -0.142. The Bertz CT molecular complexity index is 551. The molecule has 0 saturated heterocycles. The number of aryl methyl sites for hydroxylation is 1. The molecule has 2 rings (SSSR count). The van der Waals surface area contributed by atoms with Crippen LogP contribution in [0.3, 0.4) is 0 Å². The molecule has 0 aliphatic carbocycles. The van der Waals surface area contributed by atoms with Crippen LogP contribution < -0.4 is 5.56 Å². The van der Waals surface area contributed by atoms with E-state index in [1.54, 1.807) is 19.3 Å². The van der Waals surface area contributed by atoms with Crippen molar-refractivity contribution in [2.45, 2.75) is 13.3 Å². The third kappa shape index (κ3) is 2.36. The molecule has 0 bridgehead atoms. The number of rotatable bonds is 2. The zero-order valence-corrected chi connectivity index (χ0v) is 10.3. The molecule has 1 N–H and O–H groups in total. The maximum Gasteiger partial charge on any atom is 0.265 e. The van der Waals surface area contributed by atoms with Crippen molar-refractivity contribution in [2.24, 2.45) is 0 Å². The standard InChI is InChI=1S/C11H10BrN3O/c1-7-10(12)11(16)15-9(14-7)6-8-2-4-13-5-3-8/h2-5H,6H2,1H3,(H,14,15,16). The summed E-state index contributed by atoms with van der Waals surface area (Å²) < 4.78 is 0.492. The average molecular weight is 280 g/mol. The molecule has 0 radical (unpaired) electrons. The van der Waals surface area contributed by atoms with Crippen LogP contribution in [0.25, 0.3) is 0 Å². The normalized spacial score (nSPS) is 10.4. The molecule has 0 aromatic carbocycles. The van der Waals surface area contributed by atoms with Crippen molar-refractivity contribution in [1.29, 1.82) is 0 Å². The lowest BCUT2D eigenvalue weighted by Gasteiger charge is -2.03. The molecule has 0 aliphatic rings. The van der Waals surface area contributed by atoms with E-state index >= 15 is 0 Å². The van der Waals surface area contributed by atoms with Gasteiger partial charge in [-0.25, -0.2) is 4.98 Å². The van der Waals surface area contributed by atoms with Gasteiger partial charge in [0.15, 0.2) is 0 Å². The minimum Gasteiger partial charge on any atom is -0.309 e. The van der Waals surface area contributed by atoms with Gasteiger partial charge in [0, 0.05) is 18.8 Å². The lowest BCUT2D eigenvalue weighted by Crippen LogP contribution is -2.14. The van der Waals surface area contributed by atoms with Gasteiger partial charge in [-0.1, -0.05) is 0 Å². The highest BCUT2D eigenvalue weighted by atomic mass is 79.9. The summed E-state index contributed by atoms with van der Waals surface area (Å²) in [6.45, 7) is 1.80. The molecule has 0 amide bonds. The fourth-order valence-corrected chi connectivity index (χ4v) is 1.60. The van der Waals surface area contributed by atoms with Gasteiger partial charge in [-0.2, -0.15) is 0 Å². The maximum atomic E-state index is 11.5. The Morgan fingerprint density at radius 3 is 2.69 bits per heavy atom. The highest BCUT2D eigenvalue weighted by molar-refractivity contribution is 9.10. The Morgan fingerprint density at radius 2 is 2.06 bits per heavy atom. The van der Waals surface area contributed by atoms with E-state index in [1.165, 1.54) is 0 Å². The molecule has 2 aromatic heterocycles. The minimum absolute atomic E-state index is 0.142. The van der Waals surface area contributed by atoms with Crippen LogP contribution in [-0.4, -0.2) is 15.0 Å². The second kappa shape index (κ2) is 4.57. The monoisotopic (exact) mass is 279 g/mol. The summed E-state index contributed by atoms with van der Waals surface area (Å²) in [7, 11) is 0.